The summed E-state index contributed by atoms with van der Waals surface area (Å²) in [5.74, 6) is 1.31. The van der Waals surface area contributed by atoms with Crippen molar-refractivity contribution in [3.8, 4) is 0 Å². The molecule has 0 bridgehead atoms. The van der Waals surface area contributed by atoms with Crippen molar-refractivity contribution in [2.75, 3.05) is 13.2 Å². The van der Waals surface area contributed by atoms with E-state index >= 15 is 0 Å². The summed E-state index contributed by atoms with van der Waals surface area (Å²) in [6.45, 7) is 6.15. The van der Waals surface area contributed by atoms with Crippen molar-refractivity contribution < 1.29 is 9.52 Å². The van der Waals surface area contributed by atoms with Crippen LogP contribution >= 0.6 is 0 Å². The Balaban J connectivity index is 1.86. The second-order valence-corrected chi connectivity index (χ2v) is 6.97. The van der Waals surface area contributed by atoms with Gasteiger partial charge in [-0.25, -0.2) is 4.98 Å². The number of aliphatic hydroxyl groups is 1. The second-order valence-electron chi connectivity index (χ2n) is 6.97. The number of hydrogen-bond acceptors (Lipinski definition) is 4. The van der Waals surface area contributed by atoms with Crippen LogP contribution in [0.5, 0.6) is 0 Å². The van der Waals surface area contributed by atoms with Gasteiger partial charge in [0.2, 0.25) is 0 Å². The van der Waals surface area contributed by atoms with E-state index in [-0.39, 0.29) is 6.61 Å². The molecule has 0 amide bonds. The highest BCUT2D eigenvalue weighted by molar-refractivity contribution is 5.32. The van der Waals surface area contributed by atoms with Crippen LogP contribution in [0.3, 0.4) is 0 Å². The zero-order chi connectivity index (χ0) is 16.9. The first-order valence-electron chi connectivity index (χ1n) is 9.05. The SMILES string of the molecule is CC(C)c1ocnc1CN(CCCO)C1CCCc2ccccc21. The Kier molecular flexibility index (Phi) is 5.69. The van der Waals surface area contributed by atoms with Crippen molar-refractivity contribution in [1.82, 2.24) is 9.88 Å². The van der Waals surface area contributed by atoms with Crippen LogP contribution in [0.2, 0.25) is 0 Å². The molecule has 0 aliphatic heterocycles. The van der Waals surface area contributed by atoms with Gasteiger partial charge in [-0.05, 0) is 36.8 Å². The zero-order valence-electron chi connectivity index (χ0n) is 14.7. The molecule has 24 heavy (non-hydrogen) atoms. The smallest absolute Gasteiger partial charge is 0.181 e. The van der Waals surface area contributed by atoms with E-state index in [4.69, 9.17) is 4.42 Å². The summed E-state index contributed by atoms with van der Waals surface area (Å²) in [6, 6.07) is 9.18. The maximum absolute atomic E-state index is 9.32. The van der Waals surface area contributed by atoms with Crippen molar-refractivity contribution in [3.05, 3.63) is 53.2 Å². The molecule has 1 aliphatic rings. The minimum absolute atomic E-state index is 0.223. The predicted octanol–water partition coefficient (Wildman–Crippen LogP) is 4.06. The molecule has 0 fully saturated rings. The highest BCUT2D eigenvalue weighted by atomic mass is 16.3. The van der Waals surface area contributed by atoms with E-state index in [0.29, 0.717) is 12.0 Å². The molecule has 0 saturated carbocycles. The Bertz CT molecular complexity index is 651. The van der Waals surface area contributed by atoms with Gasteiger partial charge < -0.3 is 9.52 Å². The summed E-state index contributed by atoms with van der Waals surface area (Å²) >= 11 is 0. The van der Waals surface area contributed by atoms with Gasteiger partial charge in [-0.2, -0.15) is 0 Å². The lowest BCUT2D eigenvalue weighted by atomic mass is 9.86. The van der Waals surface area contributed by atoms with Gasteiger partial charge in [-0.1, -0.05) is 38.1 Å². The Morgan fingerprint density at radius 2 is 2.17 bits per heavy atom. The molecule has 1 N–H and O–H groups in total. The van der Waals surface area contributed by atoms with Crippen LogP contribution in [0.4, 0.5) is 0 Å². The molecule has 1 aromatic carbocycles. The molecule has 2 aromatic rings. The Morgan fingerprint density at radius 3 is 2.96 bits per heavy atom. The third-order valence-corrected chi connectivity index (χ3v) is 4.93. The summed E-state index contributed by atoms with van der Waals surface area (Å²) in [5, 5.41) is 9.32. The van der Waals surface area contributed by atoms with E-state index in [1.165, 1.54) is 24.0 Å². The number of aromatic nitrogens is 1. The van der Waals surface area contributed by atoms with Crippen LogP contribution in [0.15, 0.2) is 35.1 Å². The number of fused-ring (bicyclic) bond motifs is 1. The molecule has 130 valence electrons. The lowest BCUT2D eigenvalue weighted by molar-refractivity contribution is 0.149. The molecular formula is C20H28N2O2. The van der Waals surface area contributed by atoms with Gasteiger partial charge in [0.05, 0.1) is 5.69 Å². The molecular weight excluding hydrogens is 300 g/mol. The van der Waals surface area contributed by atoms with Gasteiger partial charge >= 0.3 is 0 Å². The Labute approximate surface area is 144 Å². The average Bonchev–Trinajstić information content (AvgIpc) is 3.06. The maximum Gasteiger partial charge on any atom is 0.181 e. The molecule has 1 heterocycles. The first-order chi connectivity index (χ1) is 11.7. The van der Waals surface area contributed by atoms with Gasteiger partial charge in [-0.15, -0.1) is 0 Å². The number of aliphatic hydroxyl groups excluding tert-OH is 1. The molecule has 0 saturated heterocycles. The molecule has 3 rings (SSSR count). The fourth-order valence-corrected chi connectivity index (χ4v) is 3.79. The molecule has 1 unspecified atom stereocenters. The standard InChI is InChI=1S/C20H28N2O2/c1-15(2)20-18(21-14-24-20)13-22(11-6-12-23)19-10-5-8-16-7-3-4-9-17(16)19/h3-4,7,9,14-15,19,23H,5-6,8,10-13H2,1-2H3. The van der Waals surface area contributed by atoms with Gasteiger partial charge in [0, 0.05) is 31.7 Å². The molecule has 1 atom stereocenters. The minimum Gasteiger partial charge on any atom is -0.448 e. The summed E-state index contributed by atoms with van der Waals surface area (Å²) in [4.78, 5) is 6.94. The number of benzene rings is 1. The Hall–Kier alpha value is -1.65. The largest absolute Gasteiger partial charge is 0.448 e. The molecule has 1 aliphatic carbocycles. The van der Waals surface area contributed by atoms with Gasteiger partial charge in [0.15, 0.2) is 6.39 Å². The summed E-state index contributed by atoms with van der Waals surface area (Å²) in [6.07, 6.45) is 5.89. The van der Waals surface area contributed by atoms with Crippen LogP contribution in [-0.2, 0) is 13.0 Å². The van der Waals surface area contributed by atoms with Crippen molar-refractivity contribution in [3.63, 3.8) is 0 Å². The number of hydrogen-bond donors (Lipinski definition) is 1. The first kappa shape index (κ1) is 17.2. The zero-order valence-corrected chi connectivity index (χ0v) is 14.7. The van der Waals surface area contributed by atoms with E-state index in [1.54, 1.807) is 6.39 Å². The van der Waals surface area contributed by atoms with Crippen LogP contribution in [0.1, 0.15) is 67.7 Å². The van der Waals surface area contributed by atoms with Crippen molar-refractivity contribution in [2.24, 2.45) is 0 Å². The lowest BCUT2D eigenvalue weighted by Gasteiger charge is -2.35. The van der Waals surface area contributed by atoms with Crippen LogP contribution in [0, 0.1) is 0 Å². The van der Waals surface area contributed by atoms with Gasteiger partial charge in [-0.3, -0.25) is 4.90 Å². The topological polar surface area (TPSA) is 49.5 Å². The fraction of sp³-hybridized carbons (Fsp3) is 0.550. The normalized spacial score (nSPS) is 17.5. The third-order valence-electron chi connectivity index (χ3n) is 4.93. The molecule has 0 radical (unpaired) electrons. The van der Waals surface area contributed by atoms with Crippen LogP contribution in [-0.4, -0.2) is 28.1 Å². The summed E-state index contributed by atoms with van der Waals surface area (Å²) < 4.78 is 5.60. The van der Waals surface area contributed by atoms with Crippen molar-refractivity contribution in [1.29, 1.82) is 0 Å². The predicted molar refractivity (Wildman–Crippen MR) is 94.8 cm³/mol. The third kappa shape index (κ3) is 3.70. The minimum atomic E-state index is 0.223. The average molecular weight is 328 g/mol. The molecule has 4 heteroatoms. The maximum atomic E-state index is 9.32. The van der Waals surface area contributed by atoms with Gasteiger partial charge in [0.25, 0.3) is 0 Å². The fourth-order valence-electron chi connectivity index (χ4n) is 3.79. The number of nitrogens with zero attached hydrogens (tertiary/aromatic N) is 2. The van der Waals surface area contributed by atoms with Crippen molar-refractivity contribution >= 4 is 0 Å². The summed E-state index contributed by atoms with van der Waals surface area (Å²) in [7, 11) is 0. The quantitative estimate of drug-likeness (QED) is 0.833. The Morgan fingerprint density at radius 1 is 1.33 bits per heavy atom. The highest BCUT2D eigenvalue weighted by Gasteiger charge is 2.27. The van der Waals surface area contributed by atoms with E-state index in [1.807, 2.05) is 0 Å². The van der Waals surface area contributed by atoms with E-state index in [0.717, 1.165) is 37.4 Å². The summed E-state index contributed by atoms with van der Waals surface area (Å²) in [5.41, 5.74) is 3.94. The molecule has 1 aromatic heterocycles. The van der Waals surface area contributed by atoms with E-state index in [2.05, 4.69) is 48.0 Å². The highest BCUT2D eigenvalue weighted by Crippen LogP contribution is 2.35. The monoisotopic (exact) mass is 328 g/mol. The van der Waals surface area contributed by atoms with E-state index < -0.39 is 0 Å². The number of aryl methyl sites for hydroxylation is 1. The van der Waals surface area contributed by atoms with Crippen LogP contribution < -0.4 is 0 Å². The number of rotatable bonds is 7. The first-order valence-corrected chi connectivity index (χ1v) is 9.05. The second kappa shape index (κ2) is 7.95. The molecule has 4 nitrogen and oxygen atoms in total. The van der Waals surface area contributed by atoms with Gasteiger partial charge in [0.1, 0.15) is 5.76 Å². The number of oxazole rings is 1. The van der Waals surface area contributed by atoms with Crippen molar-refractivity contribution in [2.45, 2.75) is 58.0 Å². The van der Waals surface area contributed by atoms with E-state index in [9.17, 15) is 5.11 Å². The van der Waals surface area contributed by atoms with Crippen LogP contribution in [0.25, 0.3) is 0 Å². The lowest BCUT2D eigenvalue weighted by Crippen LogP contribution is -2.32. The molecule has 0 spiro atoms.